The summed E-state index contributed by atoms with van der Waals surface area (Å²) in [5.74, 6) is -0.167. The van der Waals surface area contributed by atoms with E-state index >= 15 is 0 Å². The van der Waals surface area contributed by atoms with Gasteiger partial charge in [-0.05, 0) is 51.1 Å². The summed E-state index contributed by atoms with van der Waals surface area (Å²) in [7, 11) is 1.93. The number of aryl methyl sites for hydroxylation is 2. The van der Waals surface area contributed by atoms with Crippen molar-refractivity contribution in [3.05, 3.63) is 34.8 Å². The van der Waals surface area contributed by atoms with Crippen LogP contribution < -0.4 is 5.32 Å². The number of H-pyrrole nitrogens is 1. The number of hydrogen-bond donors (Lipinski definition) is 2. The van der Waals surface area contributed by atoms with Crippen molar-refractivity contribution >= 4 is 10.9 Å². The summed E-state index contributed by atoms with van der Waals surface area (Å²) in [4.78, 5) is 3.14. The van der Waals surface area contributed by atoms with Gasteiger partial charge in [-0.2, -0.15) is 0 Å². The van der Waals surface area contributed by atoms with E-state index in [1.807, 2.05) is 27.0 Å². The quantitative estimate of drug-likeness (QED) is 0.817. The van der Waals surface area contributed by atoms with E-state index in [1.165, 1.54) is 11.6 Å². The summed E-state index contributed by atoms with van der Waals surface area (Å²) in [5, 5.41) is 4.17. The highest BCUT2D eigenvalue weighted by Crippen LogP contribution is 2.27. The normalized spacial score (nSPS) is 11.2. The molecular weight excluding hydrogens is 203 g/mol. The average Bonchev–Trinajstić information content (AvgIpc) is 2.59. The maximum atomic E-state index is 13.6. The zero-order valence-electron chi connectivity index (χ0n) is 9.95. The summed E-state index contributed by atoms with van der Waals surface area (Å²) >= 11 is 0. The lowest BCUT2D eigenvalue weighted by Gasteiger charge is -2.03. The van der Waals surface area contributed by atoms with Gasteiger partial charge in [-0.15, -0.1) is 0 Å². The first-order chi connectivity index (χ1) is 7.65. The number of fused-ring (bicyclic) bond motifs is 1. The van der Waals surface area contributed by atoms with E-state index in [9.17, 15) is 4.39 Å². The summed E-state index contributed by atoms with van der Waals surface area (Å²) < 4.78 is 13.6. The Labute approximate surface area is 94.9 Å². The van der Waals surface area contributed by atoms with Crippen LogP contribution in [0.1, 0.15) is 16.8 Å². The van der Waals surface area contributed by atoms with Gasteiger partial charge >= 0.3 is 0 Å². The lowest BCUT2D eigenvalue weighted by atomic mass is 10.0. The van der Waals surface area contributed by atoms with Gasteiger partial charge in [-0.1, -0.05) is 6.07 Å². The molecule has 0 aliphatic heterocycles. The standard InChI is InChI=1S/C13H17FN2/c1-8-4-5-11(14)13-12(8)10(6-7-15-3)9(2)16-13/h4-5,15-16H,6-7H2,1-3H3. The number of rotatable bonds is 3. The smallest absolute Gasteiger partial charge is 0.147 e. The minimum Gasteiger partial charge on any atom is -0.356 e. The number of benzene rings is 1. The SMILES string of the molecule is CNCCc1c(C)[nH]c2c(F)ccc(C)c12. The van der Waals surface area contributed by atoms with Gasteiger partial charge in [0.05, 0.1) is 5.52 Å². The third kappa shape index (κ3) is 1.71. The molecule has 0 saturated carbocycles. The molecule has 3 heteroatoms. The Morgan fingerprint density at radius 1 is 1.31 bits per heavy atom. The molecule has 0 unspecified atom stereocenters. The molecule has 0 amide bonds. The highest BCUT2D eigenvalue weighted by Gasteiger charge is 2.12. The van der Waals surface area contributed by atoms with Crippen LogP contribution in [-0.2, 0) is 6.42 Å². The molecule has 0 atom stereocenters. The Balaban J connectivity index is 2.63. The maximum absolute atomic E-state index is 13.6. The highest BCUT2D eigenvalue weighted by molar-refractivity contribution is 5.88. The molecule has 0 saturated heterocycles. The molecule has 1 aromatic heterocycles. The molecule has 2 rings (SSSR count). The molecule has 0 fully saturated rings. The van der Waals surface area contributed by atoms with E-state index in [2.05, 4.69) is 10.3 Å². The number of aromatic nitrogens is 1. The van der Waals surface area contributed by atoms with Gasteiger partial charge in [-0.25, -0.2) is 4.39 Å². The van der Waals surface area contributed by atoms with Crippen molar-refractivity contribution in [1.82, 2.24) is 10.3 Å². The van der Waals surface area contributed by atoms with Crippen molar-refractivity contribution in [1.29, 1.82) is 0 Å². The Morgan fingerprint density at radius 2 is 2.06 bits per heavy atom. The van der Waals surface area contributed by atoms with E-state index in [-0.39, 0.29) is 5.82 Å². The van der Waals surface area contributed by atoms with Crippen molar-refractivity contribution in [2.24, 2.45) is 0 Å². The third-order valence-corrected chi connectivity index (χ3v) is 3.05. The lowest BCUT2D eigenvalue weighted by Crippen LogP contribution is -2.10. The second kappa shape index (κ2) is 4.26. The van der Waals surface area contributed by atoms with E-state index < -0.39 is 0 Å². The second-order valence-electron chi connectivity index (χ2n) is 4.20. The van der Waals surface area contributed by atoms with Gasteiger partial charge < -0.3 is 10.3 Å². The maximum Gasteiger partial charge on any atom is 0.147 e. The highest BCUT2D eigenvalue weighted by atomic mass is 19.1. The van der Waals surface area contributed by atoms with Gasteiger partial charge in [0.1, 0.15) is 5.82 Å². The monoisotopic (exact) mass is 220 g/mol. The Bertz CT molecular complexity index is 514. The molecule has 2 nitrogen and oxygen atoms in total. The van der Waals surface area contributed by atoms with Gasteiger partial charge in [0.2, 0.25) is 0 Å². The number of nitrogens with one attached hydrogen (secondary N) is 2. The summed E-state index contributed by atoms with van der Waals surface area (Å²) in [5.41, 5.74) is 4.07. The van der Waals surface area contributed by atoms with Crippen LogP contribution in [0.4, 0.5) is 4.39 Å². The molecule has 0 aliphatic rings. The largest absolute Gasteiger partial charge is 0.356 e. The van der Waals surface area contributed by atoms with Crippen LogP contribution in [0.2, 0.25) is 0 Å². The number of aromatic amines is 1. The molecule has 0 aliphatic carbocycles. The summed E-state index contributed by atoms with van der Waals surface area (Å²) in [6, 6.07) is 3.36. The zero-order chi connectivity index (χ0) is 11.7. The number of likely N-dealkylation sites (N-methyl/N-ethyl adjacent to an activating group) is 1. The van der Waals surface area contributed by atoms with Crippen LogP contribution in [0.25, 0.3) is 10.9 Å². The van der Waals surface area contributed by atoms with Crippen LogP contribution in [-0.4, -0.2) is 18.6 Å². The Kier molecular flexibility index (Phi) is 2.97. The van der Waals surface area contributed by atoms with Crippen molar-refractivity contribution in [3.63, 3.8) is 0 Å². The molecule has 2 aromatic rings. The topological polar surface area (TPSA) is 27.8 Å². The Morgan fingerprint density at radius 3 is 2.75 bits per heavy atom. The van der Waals surface area contributed by atoms with Crippen molar-refractivity contribution in [3.8, 4) is 0 Å². The fourth-order valence-corrected chi connectivity index (χ4v) is 2.21. The number of halogens is 1. The zero-order valence-corrected chi connectivity index (χ0v) is 9.95. The van der Waals surface area contributed by atoms with E-state index in [1.54, 1.807) is 0 Å². The molecule has 86 valence electrons. The van der Waals surface area contributed by atoms with E-state index in [0.29, 0.717) is 5.52 Å². The van der Waals surface area contributed by atoms with Crippen molar-refractivity contribution in [2.75, 3.05) is 13.6 Å². The third-order valence-electron chi connectivity index (χ3n) is 3.05. The molecule has 0 bridgehead atoms. The minimum atomic E-state index is -0.167. The van der Waals surface area contributed by atoms with Crippen LogP contribution in [0.3, 0.4) is 0 Å². The predicted octanol–water partition coefficient (Wildman–Crippen LogP) is 2.69. The molecule has 16 heavy (non-hydrogen) atoms. The predicted molar refractivity (Wildman–Crippen MR) is 65.4 cm³/mol. The van der Waals surface area contributed by atoms with Crippen LogP contribution in [0, 0.1) is 19.7 Å². The second-order valence-corrected chi connectivity index (χ2v) is 4.20. The van der Waals surface area contributed by atoms with Crippen LogP contribution in [0.5, 0.6) is 0 Å². The lowest BCUT2D eigenvalue weighted by molar-refractivity contribution is 0.637. The van der Waals surface area contributed by atoms with Crippen molar-refractivity contribution in [2.45, 2.75) is 20.3 Å². The molecule has 0 spiro atoms. The van der Waals surface area contributed by atoms with Crippen LogP contribution in [0.15, 0.2) is 12.1 Å². The van der Waals surface area contributed by atoms with E-state index in [0.717, 1.165) is 29.6 Å². The van der Waals surface area contributed by atoms with Gasteiger partial charge in [0.25, 0.3) is 0 Å². The van der Waals surface area contributed by atoms with Gasteiger partial charge in [0.15, 0.2) is 0 Å². The molecule has 1 heterocycles. The molecule has 2 N–H and O–H groups in total. The van der Waals surface area contributed by atoms with Crippen LogP contribution >= 0.6 is 0 Å². The first-order valence-corrected chi connectivity index (χ1v) is 5.56. The fourth-order valence-electron chi connectivity index (χ4n) is 2.21. The molecule has 0 radical (unpaired) electrons. The number of hydrogen-bond acceptors (Lipinski definition) is 1. The van der Waals surface area contributed by atoms with Gasteiger partial charge in [-0.3, -0.25) is 0 Å². The minimum absolute atomic E-state index is 0.167. The Hall–Kier alpha value is -1.35. The first kappa shape index (κ1) is 11.1. The summed E-state index contributed by atoms with van der Waals surface area (Å²) in [6.07, 6.45) is 0.923. The molecule has 1 aromatic carbocycles. The fraction of sp³-hybridized carbons (Fsp3) is 0.385. The first-order valence-electron chi connectivity index (χ1n) is 5.56. The van der Waals surface area contributed by atoms with Gasteiger partial charge in [0, 0.05) is 11.1 Å². The van der Waals surface area contributed by atoms with E-state index in [4.69, 9.17) is 0 Å². The average molecular weight is 220 g/mol. The van der Waals surface area contributed by atoms with Crippen molar-refractivity contribution < 1.29 is 4.39 Å². The summed E-state index contributed by atoms with van der Waals surface area (Å²) in [6.45, 7) is 4.94. The molecular formula is C13H17FN2.